The first-order chi connectivity index (χ1) is 13.8. The molecule has 0 radical (unpaired) electrons. The molecule has 160 valence electrons. The molecular formula is C24H42O3P+. The van der Waals surface area contributed by atoms with Crippen molar-refractivity contribution in [3.63, 3.8) is 0 Å². The summed E-state index contributed by atoms with van der Waals surface area (Å²) in [5.74, 6) is 0.593. The van der Waals surface area contributed by atoms with Crippen LogP contribution in [0.4, 0.5) is 0 Å². The second-order valence-electron chi connectivity index (χ2n) is 7.76. The van der Waals surface area contributed by atoms with Gasteiger partial charge in [0.25, 0.3) is 0 Å². The van der Waals surface area contributed by atoms with E-state index in [0.29, 0.717) is 12.4 Å². The predicted molar refractivity (Wildman–Crippen MR) is 120 cm³/mol. The molecule has 1 rings (SSSR count). The van der Waals surface area contributed by atoms with Crippen LogP contribution < -0.4 is 4.52 Å². The third-order valence-electron chi connectivity index (χ3n) is 5.12. The molecule has 0 saturated carbocycles. The third kappa shape index (κ3) is 16.1. The van der Waals surface area contributed by atoms with Crippen LogP contribution in [0.1, 0.15) is 110 Å². The van der Waals surface area contributed by atoms with Crippen molar-refractivity contribution in [2.45, 2.75) is 110 Å². The first-order valence-electron chi connectivity index (χ1n) is 11.7. The predicted octanol–water partition coefficient (Wildman–Crippen LogP) is 9.00. The van der Waals surface area contributed by atoms with Gasteiger partial charge >= 0.3 is 8.25 Å². The maximum atomic E-state index is 11.7. The summed E-state index contributed by atoms with van der Waals surface area (Å²) < 4.78 is 22.2. The fourth-order valence-electron chi connectivity index (χ4n) is 3.38. The van der Waals surface area contributed by atoms with Crippen molar-refractivity contribution in [1.82, 2.24) is 0 Å². The van der Waals surface area contributed by atoms with Crippen LogP contribution in [0.15, 0.2) is 30.3 Å². The molecule has 0 aromatic heterocycles. The molecule has 0 fully saturated rings. The van der Waals surface area contributed by atoms with Crippen molar-refractivity contribution in [2.75, 3.05) is 6.61 Å². The van der Waals surface area contributed by atoms with E-state index < -0.39 is 8.25 Å². The second kappa shape index (κ2) is 19.4. The standard InChI is InChI=1S/C24H42O3P/c1-2-3-4-5-6-7-8-9-10-11-12-13-14-15-16-20-23-26-28(25)27-24-21-18-17-19-22-24/h17-19,21-22H,2-16,20,23H2,1H3/q+1. The number of hydrogen-bond donors (Lipinski definition) is 0. The van der Waals surface area contributed by atoms with Crippen LogP contribution in [0.5, 0.6) is 5.75 Å². The fourth-order valence-corrected chi connectivity index (χ4v) is 4.01. The molecule has 3 nitrogen and oxygen atoms in total. The van der Waals surface area contributed by atoms with Crippen LogP contribution in [-0.2, 0) is 9.09 Å². The lowest BCUT2D eigenvalue weighted by Crippen LogP contribution is -1.91. The van der Waals surface area contributed by atoms with Gasteiger partial charge in [0.2, 0.25) is 0 Å². The summed E-state index contributed by atoms with van der Waals surface area (Å²) in [5.41, 5.74) is 0. The van der Waals surface area contributed by atoms with Gasteiger partial charge in [0.1, 0.15) is 6.61 Å². The van der Waals surface area contributed by atoms with Crippen LogP contribution in [0.25, 0.3) is 0 Å². The van der Waals surface area contributed by atoms with Gasteiger partial charge in [-0.3, -0.25) is 0 Å². The number of para-hydroxylation sites is 1. The van der Waals surface area contributed by atoms with Crippen molar-refractivity contribution >= 4 is 8.25 Å². The smallest absolute Gasteiger partial charge is 0.229 e. The molecule has 0 aliphatic carbocycles. The molecule has 0 amide bonds. The highest BCUT2D eigenvalue weighted by atomic mass is 31.1. The Balaban J connectivity index is 1.74. The van der Waals surface area contributed by atoms with Crippen LogP contribution in [0.2, 0.25) is 0 Å². The molecule has 4 heteroatoms. The lowest BCUT2D eigenvalue weighted by molar-refractivity contribution is 0.277. The molecule has 0 saturated heterocycles. The Bertz CT molecular complexity index is 464. The van der Waals surface area contributed by atoms with Crippen molar-refractivity contribution in [2.24, 2.45) is 0 Å². The first-order valence-corrected chi connectivity index (χ1v) is 12.8. The summed E-state index contributed by atoms with van der Waals surface area (Å²) in [4.78, 5) is 0. The van der Waals surface area contributed by atoms with Gasteiger partial charge in [-0.25, -0.2) is 4.52 Å². The molecule has 0 heterocycles. The topological polar surface area (TPSA) is 35.5 Å². The zero-order valence-electron chi connectivity index (χ0n) is 18.1. The van der Waals surface area contributed by atoms with Crippen LogP contribution in [-0.4, -0.2) is 6.61 Å². The Morgan fingerprint density at radius 2 is 1.07 bits per heavy atom. The lowest BCUT2D eigenvalue weighted by atomic mass is 10.0. The second-order valence-corrected chi connectivity index (χ2v) is 8.65. The zero-order chi connectivity index (χ0) is 20.1. The summed E-state index contributed by atoms with van der Waals surface area (Å²) in [6, 6.07) is 9.18. The maximum Gasteiger partial charge on any atom is 0.750 e. The van der Waals surface area contributed by atoms with E-state index in [1.54, 1.807) is 12.1 Å². The van der Waals surface area contributed by atoms with Crippen LogP contribution >= 0.6 is 8.25 Å². The summed E-state index contributed by atoms with van der Waals surface area (Å²) in [6.07, 6.45) is 21.6. The molecule has 28 heavy (non-hydrogen) atoms. The molecular weight excluding hydrogens is 367 g/mol. The van der Waals surface area contributed by atoms with Gasteiger partial charge in [0.05, 0.1) is 0 Å². The van der Waals surface area contributed by atoms with E-state index in [0.717, 1.165) is 12.8 Å². The number of benzene rings is 1. The molecule has 0 spiro atoms. The normalized spacial score (nSPS) is 11.5. The molecule has 0 bridgehead atoms. The van der Waals surface area contributed by atoms with E-state index in [4.69, 9.17) is 9.05 Å². The van der Waals surface area contributed by atoms with Crippen molar-refractivity contribution in [3.8, 4) is 5.75 Å². The number of unbranched alkanes of at least 4 members (excludes halogenated alkanes) is 15. The first kappa shape index (κ1) is 25.1. The van der Waals surface area contributed by atoms with Gasteiger partial charge in [-0.1, -0.05) is 121 Å². The molecule has 0 N–H and O–H groups in total. The molecule has 1 unspecified atom stereocenters. The maximum absolute atomic E-state index is 11.7. The largest absolute Gasteiger partial charge is 0.750 e. The minimum atomic E-state index is -2.05. The summed E-state index contributed by atoms with van der Waals surface area (Å²) >= 11 is 0. The van der Waals surface area contributed by atoms with Crippen LogP contribution in [0, 0.1) is 0 Å². The SMILES string of the molecule is CCCCCCCCCCCCCCCCCCO[P+](=O)Oc1ccccc1. The lowest BCUT2D eigenvalue weighted by Gasteiger charge is -2.03. The van der Waals surface area contributed by atoms with Gasteiger partial charge in [-0.15, -0.1) is 4.52 Å². The Morgan fingerprint density at radius 1 is 0.643 bits per heavy atom. The Morgan fingerprint density at radius 3 is 1.54 bits per heavy atom. The van der Waals surface area contributed by atoms with Gasteiger partial charge < -0.3 is 0 Å². The van der Waals surface area contributed by atoms with E-state index >= 15 is 0 Å². The quantitative estimate of drug-likeness (QED) is 0.159. The monoisotopic (exact) mass is 409 g/mol. The van der Waals surface area contributed by atoms with Crippen molar-refractivity contribution < 1.29 is 13.6 Å². The molecule has 1 aromatic carbocycles. The average molecular weight is 410 g/mol. The average Bonchev–Trinajstić information content (AvgIpc) is 2.71. The van der Waals surface area contributed by atoms with E-state index in [1.165, 1.54) is 89.9 Å². The van der Waals surface area contributed by atoms with E-state index in [1.807, 2.05) is 18.2 Å². The Labute approximate surface area is 174 Å². The van der Waals surface area contributed by atoms with Gasteiger partial charge in [0.15, 0.2) is 5.75 Å². The molecule has 1 aromatic rings. The number of rotatable bonds is 20. The van der Waals surface area contributed by atoms with Crippen molar-refractivity contribution in [3.05, 3.63) is 30.3 Å². The third-order valence-corrected chi connectivity index (χ3v) is 5.87. The minimum absolute atomic E-state index is 0.514. The zero-order valence-corrected chi connectivity index (χ0v) is 19.0. The molecule has 0 aliphatic rings. The van der Waals surface area contributed by atoms with Crippen LogP contribution in [0.3, 0.4) is 0 Å². The number of hydrogen-bond acceptors (Lipinski definition) is 3. The van der Waals surface area contributed by atoms with E-state index in [2.05, 4.69) is 6.92 Å². The summed E-state index contributed by atoms with van der Waals surface area (Å²) in [6.45, 7) is 2.79. The molecule has 0 aliphatic heterocycles. The summed E-state index contributed by atoms with van der Waals surface area (Å²) in [5, 5.41) is 0. The van der Waals surface area contributed by atoms with E-state index in [-0.39, 0.29) is 0 Å². The Hall–Kier alpha value is -0.920. The molecule has 1 atom stereocenters. The fraction of sp³-hybridized carbons (Fsp3) is 0.750. The Kier molecular flexibility index (Phi) is 17.4. The van der Waals surface area contributed by atoms with Gasteiger partial charge in [0, 0.05) is 4.57 Å². The van der Waals surface area contributed by atoms with E-state index in [9.17, 15) is 4.57 Å². The van der Waals surface area contributed by atoms with Gasteiger partial charge in [-0.2, -0.15) is 0 Å². The highest BCUT2D eigenvalue weighted by Crippen LogP contribution is 2.27. The minimum Gasteiger partial charge on any atom is -0.229 e. The van der Waals surface area contributed by atoms with Crippen molar-refractivity contribution in [1.29, 1.82) is 0 Å². The summed E-state index contributed by atoms with van der Waals surface area (Å²) in [7, 11) is -2.05. The highest BCUT2D eigenvalue weighted by molar-refractivity contribution is 7.33. The van der Waals surface area contributed by atoms with Gasteiger partial charge in [-0.05, 0) is 18.6 Å². The highest BCUT2D eigenvalue weighted by Gasteiger charge is 2.21.